The number of imide groups is 2. The lowest BCUT2D eigenvalue weighted by molar-refractivity contribution is -0.120. The summed E-state index contributed by atoms with van der Waals surface area (Å²) in [5, 5.41) is 3.55. The van der Waals surface area contributed by atoms with Gasteiger partial charge in [-0.15, -0.1) is 0 Å². The van der Waals surface area contributed by atoms with Gasteiger partial charge in [0.2, 0.25) is 0 Å². The fourth-order valence-electron chi connectivity index (χ4n) is 3.65. The molecule has 0 spiro atoms. The van der Waals surface area contributed by atoms with Gasteiger partial charge in [0.1, 0.15) is 12.8 Å². The van der Waals surface area contributed by atoms with Crippen molar-refractivity contribution in [1.29, 1.82) is 0 Å². The number of aromatic nitrogens is 1. The Morgan fingerprint density at radius 3 is 1.98 bits per heavy atom. The van der Waals surface area contributed by atoms with Crippen LogP contribution in [0.4, 0.5) is 11.4 Å². The van der Waals surface area contributed by atoms with Crippen LogP contribution in [-0.4, -0.2) is 48.5 Å². The quantitative estimate of drug-likeness (QED) is 0.185. The summed E-state index contributed by atoms with van der Waals surface area (Å²) < 4.78 is 4.98. The minimum Gasteiger partial charge on any atom is -0.501 e. The van der Waals surface area contributed by atoms with Crippen molar-refractivity contribution in [3.63, 3.8) is 0 Å². The first-order valence-corrected chi connectivity index (χ1v) is 12.6. The van der Waals surface area contributed by atoms with Crippen LogP contribution in [0.2, 0.25) is 0 Å². The number of benzene rings is 2. The number of aryl methyl sites for hydroxylation is 1. The number of rotatable bonds is 6. The van der Waals surface area contributed by atoms with Crippen molar-refractivity contribution < 1.29 is 28.8 Å². The molecule has 4 amide bonds. The Morgan fingerprint density at radius 1 is 0.878 bits per heavy atom. The molecule has 2 aliphatic heterocycles. The average molecular weight is 555 g/mol. The van der Waals surface area contributed by atoms with Gasteiger partial charge in [0, 0.05) is 23.9 Å². The third-order valence-corrected chi connectivity index (χ3v) is 5.50. The highest BCUT2D eigenvalue weighted by atomic mass is 16.6. The van der Waals surface area contributed by atoms with Crippen molar-refractivity contribution in [1.82, 2.24) is 4.98 Å². The van der Waals surface area contributed by atoms with Crippen LogP contribution in [0.15, 0.2) is 102 Å². The summed E-state index contributed by atoms with van der Waals surface area (Å²) >= 11 is 0. The number of fused-ring (bicyclic) bond motifs is 1. The number of allylic oxidation sites excluding steroid dienone is 1. The molecule has 5 rings (SSSR count). The predicted molar refractivity (Wildman–Crippen MR) is 156 cm³/mol. The molecular weight excluding hydrogens is 524 g/mol. The Hall–Kier alpha value is -5.38. The molecule has 210 valence electrons. The molecule has 0 saturated carbocycles. The number of para-hydroxylation sites is 2. The largest absolute Gasteiger partial charge is 0.501 e. The molecular formula is C31H30N4O6. The van der Waals surface area contributed by atoms with Crippen LogP contribution < -0.4 is 9.80 Å². The zero-order chi connectivity index (χ0) is 29.8. The number of carbonyl (C=O) groups is 4. The SMILES string of the molecule is CCO/C=C(C)/C=N/OC.Cc1cnc2c(c1)C(=O)N(c1ccccc1)C2=O.O=C1C=CC(=O)N1c1ccccc1. The molecule has 0 radical (unpaired) electrons. The molecule has 0 aliphatic carbocycles. The molecule has 3 heterocycles. The lowest BCUT2D eigenvalue weighted by Crippen LogP contribution is -2.29. The highest BCUT2D eigenvalue weighted by molar-refractivity contribution is 6.33. The zero-order valence-corrected chi connectivity index (χ0v) is 23.2. The summed E-state index contributed by atoms with van der Waals surface area (Å²) in [5.74, 6) is -1.23. The molecule has 0 N–H and O–H groups in total. The van der Waals surface area contributed by atoms with Crippen LogP contribution in [0.1, 0.15) is 40.3 Å². The van der Waals surface area contributed by atoms with Crippen molar-refractivity contribution in [3.05, 3.63) is 114 Å². The van der Waals surface area contributed by atoms with E-state index in [9.17, 15) is 19.2 Å². The van der Waals surface area contributed by atoms with Crippen LogP contribution in [0, 0.1) is 6.92 Å². The number of carbonyl (C=O) groups excluding carboxylic acids is 4. The normalized spacial score (nSPS) is 14.0. The van der Waals surface area contributed by atoms with Crippen LogP contribution in [0.3, 0.4) is 0 Å². The summed E-state index contributed by atoms with van der Waals surface area (Å²) in [5.41, 5.74) is 3.59. The van der Waals surface area contributed by atoms with Crippen molar-refractivity contribution in [3.8, 4) is 0 Å². The van der Waals surface area contributed by atoms with E-state index >= 15 is 0 Å². The summed E-state index contributed by atoms with van der Waals surface area (Å²) in [6.07, 6.45) is 7.38. The average Bonchev–Trinajstić information content (AvgIpc) is 3.45. The number of pyridine rings is 1. The maximum Gasteiger partial charge on any atom is 0.284 e. The monoisotopic (exact) mass is 554 g/mol. The standard InChI is InChI=1S/C14H10N2O2.C10H7NO2.C7H13NO2/c1-9-7-11-12(15-8-9)14(18)16(13(11)17)10-5-3-2-4-6-10;12-9-6-7-10(13)11(9)8-4-2-1-3-5-8;1-4-10-6-7(2)5-8-9-3/h2-8H,1H3;1-7H;5-6H,4H2,1-3H3/b;;7-6+,8-5+. The molecule has 0 saturated heterocycles. The second-order valence-corrected chi connectivity index (χ2v) is 8.61. The van der Waals surface area contributed by atoms with Crippen LogP contribution in [-0.2, 0) is 19.2 Å². The number of hydrogen-bond acceptors (Lipinski definition) is 8. The first kappa shape index (κ1) is 30.2. The molecule has 3 aromatic rings. The summed E-state index contributed by atoms with van der Waals surface area (Å²) in [7, 11) is 1.50. The maximum absolute atomic E-state index is 12.2. The van der Waals surface area contributed by atoms with E-state index < -0.39 is 0 Å². The molecule has 0 unspecified atom stereocenters. The molecule has 41 heavy (non-hydrogen) atoms. The number of amides is 4. The Labute approximate surface area is 238 Å². The fourth-order valence-corrected chi connectivity index (χ4v) is 3.65. The summed E-state index contributed by atoms with van der Waals surface area (Å²) in [6.45, 7) is 6.34. The molecule has 1 aromatic heterocycles. The Morgan fingerprint density at radius 2 is 1.44 bits per heavy atom. The van der Waals surface area contributed by atoms with Crippen molar-refractivity contribution in [2.45, 2.75) is 20.8 Å². The molecule has 0 atom stereocenters. The Kier molecular flexibility index (Phi) is 10.8. The van der Waals surface area contributed by atoms with E-state index in [0.29, 0.717) is 23.5 Å². The first-order valence-electron chi connectivity index (χ1n) is 12.6. The Bertz CT molecular complexity index is 1460. The van der Waals surface area contributed by atoms with Gasteiger partial charge in [-0.1, -0.05) is 41.6 Å². The van der Waals surface area contributed by atoms with Gasteiger partial charge in [-0.05, 0) is 56.7 Å². The smallest absolute Gasteiger partial charge is 0.284 e. The van der Waals surface area contributed by atoms with E-state index in [1.54, 1.807) is 73.3 Å². The van der Waals surface area contributed by atoms with Gasteiger partial charge in [-0.3, -0.25) is 19.2 Å². The van der Waals surface area contributed by atoms with E-state index in [1.807, 2.05) is 32.9 Å². The minimum absolute atomic E-state index is 0.231. The maximum atomic E-state index is 12.2. The topological polar surface area (TPSA) is 118 Å². The number of hydrogen-bond donors (Lipinski definition) is 0. The number of oxime groups is 1. The molecule has 10 nitrogen and oxygen atoms in total. The summed E-state index contributed by atoms with van der Waals surface area (Å²) in [4.78, 5) is 57.6. The fraction of sp³-hybridized carbons (Fsp3) is 0.161. The van der Waals surface area contributed by atoms with Crippen molar-refractivity contribution in [2.24, 2.45) is 5.16 Å². The zero-order valence-electron chi connectivity index (χ0n) is 23.2. The predicted octanol–water partition coefficient (Wildman–Crippen LogP) is 4.87. The van der Waals surface area contributed by atoms with E-state index in [2.05, 4.69) is 15.0 Å². The van der Waals surface area contributed by atoms with Crippen molar-refractivity contribution in [2.75, 3.05) is 23.5 Å². The highest BCUT2D eigenvalue weighted by Gasteiger charge is 2.37. The van der Waals surface area contributed by atoms with E-state index in [1.165, 1.54) is 19.3 Å². The number of ether oxygens (including phenoxy) is 1. The summed E-state index contributed by atoms with van der Waals surface area (Å²) in [6, 6.07) is 19.4. The van der Waals surface area contributed by atoms with Gasteiger partial charge in [-0.2, -0.15) is 0 Å². The molecule has 2 aromatic carbocycles. The lowest BCUT2D eigenvalue weighted by atomic mass is 10.2. The molecule has 0 bridgehead atoms. The lowest BCUT2D eigenvalue weighted by Gasteiger charge is -2.12. The number of nitrogens with zero attached hydrogens (tertiary/aromatic N) is 4. The van der Waals surface area contributed by atoms with Crippen LogP contribution >= 0.6 is 0 Å². The van der Waals surface area contributed by atoms with Crippen LogP contribution in [0.25, 0.3) is 0 Å². The third-order valence-electron chi connectivity index (χ3n) is 5.50. The van der Waals surface area contributed by atoms with Gasteiger partial charge in [0.15, 0.2) is 0 Å². The van der Waals surface area contributed by atoms with Crippen molar-refractivity contribution >= 4 is 41.2 Å². The van der Waals surface area contributed by atoms with E-state index in [-0.39, 0.29) is 29.3 Å². The highest BCUT2D eigenvalue weighted by Crippen LogP contribution is 2.27. The number of anilines is 2. The molecule has 2 aliphatic rings. The van der Waals surface area contributed by atoms with Gasteiger partial charge in [0.25, 0.3) is 23.6 Å². The second kappa shape index (κ2) is 14.7. The molecule has 10 heteroatoms. The van der Waals surface area contributed by atoms with Gasteiger partial charge >= 0.3 is 0 Å². The van der Waals surface area contributed by atoms with Gasteiger partial charge in [0.05, 0.1) is 36.0 Å². The third kappa shape index (κ3) is 7.82. The Balaban J connectivity index is 0.000000178. The first-order chi connectivity index (χ1) is 19.8. The van der Waals surface area contributed by atoms with Crippen LogP contribution in [0.5, 0.6) is 0 Å². The van der Waals surface area contributed by atoms with Gasteiger partial charge in [-0.25, -0.2) is 14.8 Å². The van der Waals surface area contributed by atoms with E-state index in [0.717, 1.165) is 20.9 Å². The minimum atomic E-state index is -0.360. The second-order valence-electron chi connectivity index (χ2n) is 8.61. The van der Waals surface area contributed by atoms with E-state index in [4.69, 9.17) is 4.74 Å². The molecule has 0 fully saturated rings. The van der Waals surface area contributed by atoms with Gasteiger partial charge < -0.3 is 9.57 Å².